The first-order valence-corrected chi connectivity index (χ1v) is 0. The number of rotatable bonds is 0. The molecule has 0 bridgehead atoms. The Morgan fingerprint density at radius 3 is 0.333 bits per heavy atom. The average Bonchev–Trinajstić information content (AvgIpc) is 0. The van der Waals surface area contributed by atoms with E-state index < -0.39 is 0 Å². The molecule has 0 nitrogen and oxygen atoms in total. The summed E-state index contributed by atoms with van der Waals surface area (Å²) in [7, 11) is 0. The summed E-state index contributed by atoms with van der Waals surface area (Å²) in [4.78, 5) is 0. The molecule has 6 heteroatoms. The molecule has 0 aliphatic rings. The molecule has 0 rings (SSSR count). The first-order valence-electron chi connectivity index (χ1n) is 0. The van der Waals surface area contributed by atoms with Crippen molar-refractivity contribution >= 4 is 0 Å². The Balaban J connectivity index is 0. The van der Waals surface area contributed by atoms with Crippen LogP contribution in [0.4, 0.5) is 0 Å². The summed E-state index contributed by atoms with van der Waals surface area (Å²) in [5.41, 5.74) is 0. The Morgan fingerprint density at radius 2 is 0.333 bits per heavy atom. The molecular formula is Br4Fe2. The molecule has 0 aromatic heterocycles. The fourth-order valence-electron chi connectivity index (χ4n) is 0. The molecule has 0 fully saturated rings. The van der Waals surface area contributed by atoms with Crippen LogP contribution in [-0.2, 0) is 34.1 Å². The smallest absolute Gasteiger partial charge is 1.00 e. The Kier molecular flexibility index (Phi) is 476. The van der Waals surface area contributed by atoms with Crippen LogP contribution < -0.4 is 67.9 Å². The zero-order chi connectivity index (χ0) is 0. The van der Waals surface area contributed by atoms with Crippen molar-refractivity contribution in [1.29, 1.82) is 0 Å². The predicted molar refractivity (Wildman–Crippen MR) is 0 cm³/mol. The first-order chi connectivity index (χ1) is 0. The maximum atomic E-state index is 0. The average molecular weight is 431 g/mol. The summed E-state index contributed by atoms with van der Waals surface area (Å²) in [5, 5.41) is 0. The molecule has 0 aromatic rings. The topological polar surface area (TPSA) is 0 Å². The molecule has 44 valence electrons. The molecule has 0 amide bonds. The molecule has 0 aliphatic carbocycles. The van der Waals surface area contributed by atoms with E-state index in [4.69, 9.17) is 0 Å². The summed E-state index contributed by atoms with van der Waals surface area (Å²) >= 11 is 0. The van der Waals surface area contributed by atoms with Gasteiger partial charge in [0.15, 0.2) is 0 Å². The molecular weight excluding hydrogens is 431 g/mol. The van der Waals surface area contributed by atoms with Gasteiger partial charge in [-0.2, -0.15) is 0 Å². The van der Waals surface area contributed by atoms with Gasteiger partial charge in [-0.15, -0.1) is 0 Å². The summed E-state index contributed by atoms with van der Waals surface area (Å²) in [6, 6.07) is 0. The number of halogens is 4. The molecule has 0 radical (unpaired) electrons. The van der Waals surface area contributed by atoms with Gasteiger partial charge in [0.2, 0.25) is 0 Å². The summed E-state index contributed by atoms with van der Waals surface area (Å²) in [6.07, 6.45) is 0. The largest absolute Gasteiger partial charge is 2.00 e. The van der Waals surface area contributed by atoms with Crippen LogP contribution in [0.25, 0.3) is 0 Å². The zero-order valence-corrected chi connectivity index (χ0v) is 10.8. The van der Waals surface area contributed by atoms with Gasteiger partial charge in [0.05, 0.1) is 0 Å². The van der Waals surface area contributed by atoms with Gasteiger partial charge >= 0.3 is 34.1 Å². The molecule has 0 aromatic carbocycles. The third-order valence-electron chi connectivity index (χ3n) is 0. The van der Waals surface area contributed by atoms with Crippen LogP contribution in [0.15, 0.2) is 0 Å². The van der Waals surface area contributed by atoms with Gasteiger partial charge in [0.25, 0.3) is 0 Å². The Bertz CT molecular complexity index is 5.51. The summed E-state index contributed by atoms with van der Waals surface area (Å²) in [6.45, 7) is 0. The quantitative estimate of drug-likeness (QED) is 0.335. The molecule has 0 N–H and O–H groups in total. The molecule has 0 saturated heterocycles. The van der Waals surface area contributed by atoms with Crippen LogP contribution in [0.5, 0.6) is 0 Å². The Hall–Kier alpha value is 2.96. The maximum Gasteiger partial charge on any atom is 2.00 e. The van der Waals surface area contributed by atoms with Gasteiger partial charge in [-0.3, -0.25) is 0 Å². The van der Waals surface area contributed by atoms with Crippen LogP contribution in [0.3, 0.4) is 0 Å². The van der Waals surface area contributed by atoms with Crippen LogP contribution >= 0.6 is 0 Å². The van der Waals surface area contributed by atoms with Gasteiger partial charge < -0.3 is 67.9 Å². The molecule has 0 aliphatic heterocycles. The predicted octanol–water partition coefficient (Wildman–Crippen LogP) is -12.0. The number of hydrogen-bond donors (Lipinski definition) is 0. The Morgan fingerprint density at radius 1 is 0.333 bits per heavy atom. The van der Waals surface area contributed by atoms with Crippen molar-refractivity contribution in [1.82, 2.24) is 0 Å². The fourth-order valence-corrected chi connectivity index (χ4v) is 0. The van der Waals surface area contributed by atoms with Crippen LogP contribution in [0.1, 0.15) is 0 Å². The van der Waals surface area contributed by atoms with Gasteiger partial charge in [-0.05, 0) is 0 Å². The van der Waals surface area contributed by atoms with E-state index in [0.717, 1.165) is 0 Å². The minimum atomic E-state index is 0. The van der Waals surface area contributed by atoms with Gasteiger partial charge in [0.1, 0.15) is 0 Å². The second kappa shape index (κ2) is 44.0. The third-order valence-corrected chi connectivity index (χ3v) is 0. The SMILES string of the molecule is [Br-].[Br-].[Br-].[Br-].[Fe+2].[Fe+2]. The van der Waals surface area contributed by atoms with Crippen LogP contribution in [0, 0.1) is 0 Å². The van der Waals surface area contributed by atoms with Gasteiger partial charge in [-0.25, -0.2) is 0 Å². The van der Waals surface area contributed by atoms with Crippen molar-refractivity contribution < 1.29 is 102 Å². The van der Waals surface area contributed by atoms with E-state index in [9.17, 15) is 0 Å². The van der Waals surface area contributed by atoms with Gasteiger partial charge in [-0.1, -0.05) is 0 Å². The van der Waals surface area contributed by atoms with E-state index in [-0.39, 0.29) is 102 Å². The second-order valence-electron chi connectivity index (χ2n) is 0. The summed E-state index contributed by atoms with van der Waals surface area (Å²) in [5.74, 6) is 0. The van der Waals surface area contributed by atoms with Crippen molar-refractivity contribution in [3.05, 3.63) is 0 Å². The van der Waals surface area contributed by atoms with Crippen molar-refractivity contribution in [3.8, 4) is 0 Å². The zero-order valence-electron chi connectivity index (χ0n) is 2.22. The van der Waals surface area contributed by atoms with Crippen LogP contribution in [-0.4, -0.2) is 0 Å². The normalized spacial score (nSPS) is 0. The summed E-state index contributed by atoms with van der Waals surface area (Å²) < 4.78 is 0. The monoisotopic (exact) mass is 428 g/mol. The van der Waals surface area contributed by atoms with E-state index in [0.29, 0.717) is 0 Å². The van der Waals surface area contributed by atoms with Crippen molar-refractivity contribution in [2.75, 3.05) is 0 Å². The maximum absolute atomic E-state index is 0. The van der Waals surface area contributed by atoms with Crippen LogP contribution in [0.2, 0.25) is 0 Å². The van der Waals surface area contributed by atoms with Crippen molar-refractivity contribution in [3.63, 3.8) is 0 Å². The van der Waals surface area contributed by atoms with Gasteiger partial charge in [0, 0.05) is 0 Å². The third kappa shape index (κ3) is 28.2. The number of hydrogen-bond acceptors (Lipinski definition) is 0. The molecule has 0 spiro atoms. The molecule has 0 heterocycles. The molecule has 0 saturated carbocycles. The minimum absolute atomic E-state index is 0. The van der Waals surface area contributed by atoms with E-state index >= 15 is 0 Å². The standard InChI is InChI=1S/4BrH.2Fe/h4*1H;;/q;;;;2*+2/p-4. The van der Waals surface area contributed by atoms with E-state index in [1.54, 1.807) is 0 Å². The van der Waals surface area contributed by atoms with E-state index in [2.05, 4.69) is 0 Å². The Labute approximate surface area is 101 Å². The molecule has 6 heavy (non-hydrogen) atoms. The van der Waals surface area contributed by atoms with E-state index in [1.165, 1.54) is 0 Å². The second-order valence-corrected chi connectivity index (χ2v) is 0. The molecule has 0 unspecified atom stereocenters. The van der Waals surface area contributed by atoms with Crippen molar-refractivity contribution in [2.45, 2.75) is 0 Å². The minimum Gasteiger partial charge on any atom is -1.00 e. The van der Waals surface area contributed by atoms with E-state index in [1.807, 2.05) is 0 Å². The fraction of sp³-hybridized carbons (Fsp3) is 0. The first kappa shape index (κ1) is 64.8. The van der Waals surface area contributed by atoms with Crippen molar-refractivity contribution in [2.24, 2.45) is 0 Å². The molecule has 0 atom stereocenters.